The second kappa shape index (κ2) is 8.92. The molecule has 3 rings (SSSR count). The first kappa shape index (κ1) is 21.3. The van der Waals surface area contributed by atoms with Crippen LogP contribution in [-0.4, -0.2) is 41.5 Å². The summed E-state index contributed by atoms with van der Waals surface area (Å²) in [5.41, 5.74) is 1.66. The second-order valence-corrected chi connectivity index (χ2v) is 7.55. The van der Waals surface area contributed by atoms with E-state index in [1.807, 2.05) is 13.0 Å². The van der Waals surface area contributed by atoms with E-state index in [0.29, 0.717) is 38.9 Å². The Labute approximate surface area is 182 Å². The lowest BCUT2D eigenvalue weighted by Crippen LogP contribution is -2.30. The monoisotopic (exact) mass is 478 g/mol. The summed E-state index contributed by atoms with van der Waals surface area (Å²) in [4.78, 5) is 15.8. The van der Waals surface area contributed by atoms with Crippen LogP contribution in [0.25, 0.3) is 6.08 Å². The minimum Gasteiger partial charge on any atom is -0.493 e. The van der Waals surface area contributed by atoms with Gasteiger partial charge in [-0.3, -0.25) is 9.69 Å². The molecule has 0 N–H and O–H groups in total. The van der Waals surface area contributed by atoms with Crippen LogP contribution in [0.1, 0.15) is 18.1 Å². The van der Waals surface area contributed by atoms with Gasteiger partial charge in [0.25, 0.3) is 5.91 Å². The molecule has 0 atom stereocenters. The fourth-order valence-corrected chi connectivity index (χ4v) is 3.86. The maximum Gasteiger partial charge on any atom is 0.276 e. The van der Waals surface area contributed by atoms with Crippen LogP contribution in [-0.2, 0) is 11.4 Å². The molecule has 29 heavy (non-hydrogen) atoms. The molecule has 1 saturated heterocycles. The van der Waals surface area contributed by atoms with Gasteiger partial charge in [0.1, 0.15) is 18.1 Å². The lowest BCUT2D eigenvalue weighted by atomic mass is 10.1. The smallest absolute Gasteiger partial charge is 0.276 e. The van der Waals surface area contributed by atoms with Gasteiger partial charge in [-0.05, 0) is 64.9 Å². The molecule has 0 bridgehead atoms. The summed E-state index contributed by atoms with van der Waals surface area (Å²) in [6.07, 6.45) is 1.75. The van der Waals surface area contributed by atoms with Gasteiger partial charge in [-0.1, -0.05) is 18.2 Å². The zero-order chi connectivity index (χ0) is 21.1. The zero-order valence-corrected chi connectivity index (χ0v) is 18.6. The largest absolute Gasteiger partial charge is 0.493 e. The summed E-state index contributed by atoms with van der Waals surface area (Å²) in [6, 6.07) is 10.0. The summed E-state index contributed by atoms with van der Waals surface area (Å²) < 4.78 is 25.7. The van der Waals surface area contributed by atoms with Gasteiger partial charge < -0.3 is 14.4 Å². The number of ether oxygens (including phenoxy) is 2. The minimum absolute atomic E-state index is 0.0586. The van der Waals surface area contributed by atoms with E-state index in [9.17, 15) is 9.18 Å². The van der Waals surface area contributed by atoms with Crippen molar-refractivity contribution in [3.05, 3.63) is 63.5 Å². The molecule has 2 aromatic carbocycles. The average molecular weight is 479 g/mol. The van der Waals surface area contributed by atoms with E-state index in [-0.39, 0.29) is 18.3 Å². The molecule has 1 fully saturated rings. The molecule has 2 aromatic rings. The molecule has 0 aromatic heterocycles. The highest BCUT2D eigenvalue weighted by Crippen LogP contribution is 2.38. The second-order valence-electron chi connectivity index (χ2n) is 6.33. The van der Waals surface area contributed by atoms with E-state index in [0.717, 1.165) is 5.56 Å². The van der Waals surface area contributed by atoms with Gasteiger partial charge >= 0.3 is 0 Å². The summed E-state index contributed by atoms with van der Waals surface area (Å²) in [5.74, 6) is 0.443. The predicted molar refractivity (Wildman–Crippen MR) is 117 cm³/mol. The Morgan fingerprint density at radius 2 is 2.00 bits per heavy atom. The lowest BCUT2D eigenvalue weighted by molar-refractivity contribution is -0.122. The lowest BCUT2D eigenvalue weighted by Gasteiger charge is -2.15. The third kappa shape index (κ3) is 4.28. The highest BCUT2D eigenvalue weighted by molar-refractivity contribution is 9.10. The molecule has 0 unspecified atom stereocenters. The minimum atomic E-state index is -0.330. The van der Waals surface area contributed by atoms with Gasteiger partial charge in [-0.25, -0.2) is 4.39 Å². The number of halogens is 2. The van der Waals surface area contributed by atoms with Gasteiger partial charge in [-0.2, -0.15) is 0 Å². The van der Waals surface area contributed by atoms with Crippen molar-refractivity contribution >= 4 is 45.2 Å². The van der Waals surface area contributed by atoms with E-state index in [1.165, 1.54) is 13.2 Å². The van der Waals surface area contributed by atoms with Gasteiger partial charge in [0, 0.05) is 19.2 Å². The molecule has 0 spiro atoms. The van der Waals surface area contributed by atoms with Crippen molar-refractivity contribution in [2.24, 2.45) is 0 Å². The highest BCUT2D eigenvalue weighted by Gasteiger charge is 2.34. The van der Waals surface area contributed by atoms with Crippen molar-refractivity contribution in [2.75, 3.05) is 20.7 Å². The van der Waals surface area contributed by atoms with E-state index < -0.39 is 0 Å². The molecule has 1 heterocycles. The Balaban J connectivity index is 1.90. The Morgan fingerprint density at radius 3 is 2.62 bits per heavy atom. The summed E-state index contributed by atoms with van der Waals surface area (Å²) in [6.45, 7) is 2.44. The van der Waals surface area contributed by atoms with Crippen molar-refractivity contribution in [1.82, 2.24) is 9.80 Å². The number of carbonyl (C=O) groups is 1. The van der Waals surface area contributed by atoms with E-state index in [2.05, 4.69) is 15.9 Å². The van der Waals surface area contributed by atoms with Crippen LogP contribution in [0.3, 0.4) is 0 Å². The fraction of sp³-hybridized carbons (Fsp3) is 0.238. The standard InChI is InChI=1S/C21H20BrFN2O3S/c1-4-25-20(26)17(24(2)21(25)29)10-13-9-15(22)19(18(11-13)27-3)28-12-14-7-5-6-8-16(14)23/h5-11H,4,12H2,1-3H3. The van der Waals surface area contributed by atoms with E-state index >= 15 is 0 Å². The van der Waals surface area contributed by atoms with Crippen LogP contribution in [0.5, 0.6) is 11.5 Å². The van der Waals surface area contributed by atoms with Crippen LogP contribution in [0, 0.1) is 5.82 Å². The first-order chi connectivity index (χ1) is 13.9. The molecule has 1 aliphatic heterocycles. The number of nitrogens with zero attached hydrogens (tertiary/aromatic N) is 2. The summed E-state index contributed by atoms with van der Waals surface area (Å²) in [5, 5.41) is 0.472. The maximum absolute atomic E-state index is 13.9. The van der Waals surface area contributed by atoms with E-state index in [4.69, 9.17) is 21.7 Å². The number of hydrogen-bond donors (Lipinski definition) is 0. The molecule has 1 amide bonds. The van der Waals surface area contributed by atoms with Crippen LogP contribution in [0.2, 0.25) is 0 Å². The topological polar surface area (TPSA) is 42.0 Å². The number of rotatable bonds is 6. The molecule has 0 saturated carbocycles. The molecule has 0 radical (unpaired) electrons. The third-order valence-corrected chi connectivity index (χ3v) is 5.63. The number of amides is 1. The molecule has 1 aliphatic rings. The first-order valence-corrected chi connectivity index (χ1v) is 10.1. The third-order valence-electron chi connectivity index (χ3n) is 4.54. The molecule has 8 heteroatoms. The summed E-state index contributed by atoms with van der Waals surface area (Å²) >= 11 is 8.81. The predicted octanol–water partition coefficient (Wildman–Crippen LogP) is 4.60. The van der Waals surface area contributed by atoms with Gasteiger partial charge in [0.2, 0.25) is 0 Å². The number of carbonyl (C=O) groups excluding carboxylic acids is 1. The number of likely N-dealkylation sites (N-methyl/N-ethyl adjacent to an activating group) is 2. The zero-order valence-electron chi connectivity index (χ0n) is 16.2. The number of thiocarbonyl (C=S) groups is 1. The molecular weight excluding hydrogens is 459 g/mol. The number of methoxy groups -OCH3 is 1. The summed E-state index contributed by atoms with van der Waals surface area (Å²) in [7, 11) is 3.29. The van der Waals surface area contributed by atoms with Crippen molar-refractivity contribution in [3.8, 4) is 11.5 Å². The Hall–Kier alpha value is -2.45. The maximum atomic E-state index is 13.9. The van der Waals surface area contributed by atoms with E-state index in [1.54, 1.807) is 47.2 Å². The Morgan fingerprint density at radius 1 is 1.28 bits per heavy atom. The number of benzene rings is 2. The van der Waals surface area contributed by atoms with Crippen LogP contribution in [0.15, 0.2) is 46.6 Å². The van der Waals surface area contributed by atoms with Crippen molar-refractivity contribution in [2.45, 2.75) is 13.5 Å². The van der Waals surface area contributed by atoms with Gasteiger partial charge in [0.05, 0.1) is 11.6 Å². The number of hydrogen-bond acceptors (Lipinski definition) is 4. The average Bonchev–Trinajstić information content (AvgIpc) is 2.90. The van der Waals surface area contributed by atoms with Crippen LogP contribution < -0.4 is 9.47 Å². The normalized spacial score (nSPS) is 15.4. The van der Waals surface area contributed by atoms with Gasteiger partial charge in [-0.15, -0.1) is 0 Å². The SMILES string of the molecule is CCN1C(=O)C(=Cc2cc(Br)c(OCc3ccccc3F)c(OC)c2)N(C)C1=S. The van der Waals surface area contributed by atoms with Crippen molar-refractivity contribution in [3.63, 3.8) is 0 Å². The molecule has 5 nitrogen and oxygen atoms in total. The quantitative estimate of drug-likeness (QED) is 0.448. The van der Waals surface area contributed by atoms with Crippen LogP contribution in [0.4, 0.5) is 4.39 Å². The highest BCUT2D eigenvalue weighted by atomic mass is 79.9. The fourth-order valence-electron chi connectivity index (χ4n) is 2.98. The first-order valence-electron chi connectivity index (χ1n) is 8.92. The Bertz CT molecular complexity index is 996. The van der Waals surface area contributed by atoms with Crippen molar-refractivity contribution in [1.29, 1.82) is 0 Å². The molecule has 0 aliphatic carbocycles. The Kier molecular flexibility index (Phi) is 6.54. The molecule has 152 valence electrons. The molecular formula is C21H20BrFN2O3S. The van der Waals surface area contributed by atoms with Crippen LogP contribution >= 0.6 is 28.1 Å². The van der Waals surface area contributed by atoms with Gasteiger partial charge in [0.15, 0.2) is 16.6 Å². The van der Waals surface area contributed by atoms with Crippen molar-refractivity contribution < 1.29 is 18.7 Å².